The molecule has 1 amide bonds. The minimum Gasteiger partial charge on any atom is -0.341 e. The third-order valence-electron chi connectivity index (χ3n) is 3.27. The van der Waals surface area contributed by atoms with Crippen LogP contribution in [-0.4, -0.2) is 23.9 Å². The van der Waals surface area contributed by atoms with Crippen LogP contribution in [0.25, 0.3) is 0 Å². The number of hydrogen-bond donors (Lipinski definition) is 1. The maximum absolute atomic E-state index is 12.1. The number of hydrogen-bond acceptors (Lipinski definition) is 2. The SMILES string of the molecule is CN(Cc1ccc(Cl)cc1)C(=O)CC(N)C(C)(C)C. The molecule has 1 unspecified atom stereocenters. The van der Waals surface area contributed by atoms with Gasteiger partial charge >= 0.3 is 0 Å². The molecule has 1 rings (SSSR count). The van der Waals surface area contributed by atoms with Gasteiger partial charge in [0, 0.05) is 31.1 Å². The van der Waals surface area contributed by atoms with E-state index in [1.165, 1.54) is 0 Å². The Morgan fingerprint density at radius 2 is 1.84 bits per heavy atom. The van der Waals surface area contributed by atoms with E-state index in [1.54, 1.807) is 11.9 Å². The average molecular weight is 283 g/mol. The number of rotatable bonds is 4. The highest BCUT2D eigenvalue weighted by molar-refractivity contribution is 6.30. The maximum Gasteiger partial charge on any atom is 0.224 e. The zero-order valence-corrected chi connectivity index (χ0v) is 12.9. The van der Waals surface area contributed by atoms with Crippen molar-refractivity contribution in [3.05, 3.63) is 34.9 Å². The second kappa shape index (κ2) is 6.40. The van der Waals surface area contributed by atoms with Gasteiger partial charge < -0.3 is 10.6 Å². The van der Waals surface area contributed by atoms with Crippen molar-refractivity contribution in [1.29, 1.82) is 0 Å². The van der Waals surface area contributed by atoms with Crippen LogP contribution in [0.15, 0.2) is 24.3 Å². The molecule has 0 aromatic heterocycles. The summed E-state index contributed by atoms with van der Waals surface area (Å²) >= 11 is 5.83. The van der Waals surface area contributed by atoms with E-state index >= 15 is 0 Å². The van der Waals surface area contributed by atoms with Crippen molar-refractivity contribution in [2.24, 2.45) is 11.1 Å². The predicted octanol–water partition coefficient (Wildman–Crippen LogP) is 3.06. The van der Waals surface area contributed by atoms with Crippen molar-refractivity contribution >= 4 is 17.5 Å². The topological polar surface area (TPSA) is 46.3 Å². The van der Waals surface area contributed by atoms with Gasteiger partial charge in [0.1, 0.15) is 0 Å². The molecular formula is C15H23ClN2O. The summed E-state index contributed by atoms with van der Waals surface area (Å²) in [6, 6.07) is 7.38. The van der Waals surface area contributed by atoms with Crippen LogP contribution in [0, 0.1) is 5.41 Å². The molecule has 0 fully saturated rings. The first-order chi connectivity index (χ1) is 8.70. The van der Waals surface area contributed by atoms with Crippen LogP contribution in [0.5, 0.6) is 0 Å². The van der Waals surface area contributed by atoms with Crippen molar-refractivity contribution < 1.29 is 4.79 Å². The lowest BCUT2D eigenvalue weighted by atomic mass is 9.85. The summed E-state index contributed by atoms with van der Waals surface area (Å²) < 4.78 is 0. The quantitative estimate of drug-likeness (QED) is 0.922. The van der Waals surface area contributed by atoms with Crippen molar-refractivity contribution in [2.75, 3.05) is 7.05 Å². The zero-order chi connectivity index (χ0) is 14.6. The van der Waals surface area contributed by atoms with Gasteiger partial charge in [-0.15, -0.1) is 0 Å². The van der Waals surface area contributed by atoms with E-state index in [0.717, 1.165) is 5.56 Å². The van der Waals surface area contributed by atoms with E-state index in [-0.39, 0.29) is 17.4 Å². The van der Waals surface area contributed by atoms with E-state index in [9.17, 15) is 4.79 Å². The highest BCUT2D eigenvalue weighted by Gasteiger charge is 2.24. The second-order valence-electron chi connectivity index (χ2n) is 6.05. The molecule has 1 atom stereocenters. The molecule has 0 aliphatic rings. The standard InChI is InChI=1S/C15H23ClN2O/c1-15(2,3)13(17)9-14(19)18(4)10-11-5-7-12(16)8-6-11/h5-8,13H,9-10,17H2,1-4H3. The molecule has 1 aromatic rings. The number of benzene rings is 1. The molecule has 0 spiro atoms. The van der Waals surface area contributed by atoms with Crippen LogP contribution >= 0.6 is 11.6 Å². The highest BCUT2D eigenvalue weighted by atomic mass is 35.5. The predicted molar refractivity (Wildman–Crippen MR) is 80.0 cm³/mol. The van der Waals surface area contributed by atoms with E-state index in [0.29, 0.717) is 18.0 Å². The van der Waals surface area contributed by atoms with Gasteiger partial charge in [0.15, 0.2) is 0 Å². The number of carbonyl (C=O) groups excluding carboxylic acids is 1. The molecule has 0 saturated heterocycles. The lowest BCUT2D eigenvalue weighted by molar-refractivity contribution is -0.131. The molecule has 0 saturated carbocycles. The Balaban J connectivity index is 2.56. The third kappa shape index (κ3) is 5.21. The molecule has 0 radical (unpaired) electrons. The van der Waals surface area contributed by atoms with Crippen molar-refractivity contribution in [2.45, 2.75) is 39.8 Å². The monoisotopic (exact) mass is 282 g/mol. The fraction of sp³-hybridized carbons (Fsp3) is 0.533. The second-order valence-corrected chi connectivity index (χ2v) is 6.49. The number of nitrogens with zero attached hydrogens (tertiary/aromatic N) is 1. The minimum atomic E-state index is -0.132. The fourth-order valence-electron chi connectivity index (χ4n) is 1.60. The van der Waals surface area contributed by atoms with E-state index in [2.05, 4.69) is 0 Å². The minimum absolute atomic E-state index is 0.0588. The zero-order valence-electron chi connectivity index (χ0n) is 12.1. The highest BCUT2D eigenvalue weighted by Crippen LogP contribution is 2.20. The van der Waals surface area contributed by atoms with Gasteiger partial charge in [-0.1, -0.05) is 44.5 Å². The number of amides is 1. The molecule has 0 aliphatic carbocycles. The Morgan fingerprint density at radius 1 is 1.32 bits per heavy atom. The molecule has 0 bridgehead atoms. The van der Waals surface area contributed by atoms with Crippen LogP contribution in [0.3, 0.4) is 0 Å². The molecule has 3 nitrogen and oxygen atoms in total. The Bertz CT molecular complexity index is 423. The summed E-state index contributed by atoms with van der Waals surface area (Å²) in [4.78, 5) is 13.8. The van der Waals surface area contributed by atoms with Crippen LogP contribution in [0.2, 0.25) is 5.02 Å². The summed E-state index contributed by atoms with van der Waals surface area (Å²) in [5.41, 5.74) is 7.04. The molecule has 19 heavy (non-hydrogen) atoms. The summed E-state index contributed by atoms with van der Waals surface area (Å²) in [6.45, 7) is 6.71. The van der Waals surface area contributed by atoms with Gasteiger partial charge in [-0.25, -0.2) is 0 Å². The third-order valence-corrected chi connectivity index (χ3v) is 3.52. The Morgan fingerprint density at radius 3 is 2.32 bits per heavy atom. The lowest BCUT2D eigenvalue weighted by Gasteiger charge is -2.28. The number of carbonyl (C=O) groups is 1. The van der Waals surface area contributed by atoms with Crippen molar-refractivity contribution in [3.8, 4) is 0 Å². The molecular weight excluding hydrogens is 260 g/mol. The van der Waals surface area contributed by atoms with Crippen LogP contribution < -0.4 is 5.73 Å². The van der Waals surface area contributed by atoms with Crippen LogP contribution in [0.1, 0.15) is 32.8 Å². The largest absolute Gasteiger partial charge is 0.341 e. The summed E-state index contributed by atoms with van der Waals surface area (Å²) in [5.74, 6) is 0.0670. The van der Waals surface area contributed by atoms with Crippen LogP contribution in [-0.2, 0) is 11.3 Å². The maximum atomic E-state index is 12.1. The first kappa shape index (κ1) is 16.0. The summed E-state index contributed by atoms with van der Waals surface area (Å²) in [7, 11) is 1.80. The molecule has 0 aliphatic heterocycles. The summed E-state index contributed by atoms with van der Waals surface area (Å²) in [5, 5.41) is 0.701. The van der Waals surface area contributed by atoms with Crippen LogP contribution in [0.4, 0.5) is 0 Å². The van der Waals surface area contributed by atoms with Gasteiger partial charge in [0.05, 0.1) is 0 Å². The molecule has 4 heteroatoms. The Kier molecular flexibility index (Phi) is 5.39. The number of nitrogens with two attached hydrogens (primary N) is 1. The van der Waals surface area contributed by atoms with Crippen molar-refractivity contribution in [3.63, 3.8) is 0 Å². The Hall–Kier alpha value is -1.06. The van der Waals surface area contributed by atoms with Gasteiger partial charge in [-0.05, 0) is 23.1 Å². The fourth-order valence-corrected chi connectivity index (χ4v) is 1.73. The molecule has 2 N–H and O–H groups in total. The van der Waals surface area contributed by atoms with E-state index in [4.69, 9.17) is 17.3 Å². The van der Waals surface area contributed by atoms with Gasteiger partial charge in [-0.2, -0.15) is 0 Å². The number of halogens is 1. The molecule has 1 aromatic carbocycles. The normalized spacial score (nSPS) is 13.2. The van der Waals surface area contributed by atoms with Gasteiger partial charge in [0.2, 0.25) is 5.91 Å². The first-order valence-corrected chi connectivity index (χ1v) is 6.82. The van der Waals surface area contributed by atoms with Crippen molar-refractivity contribution in [1.82, 2.24) is 4.90 Å². The van der Waals surface area contributed by atoms with E-state index in [1.807, 2.05) is 45.0 Å². The first-order valence-electron chi connectivity index (χ1n) is 6.44. The lowest BCUT2D eigenvalue weighted by Crippen LogP contribution is -2.40. The molecule has 106 valence electrons. The summed E-state index contributed by atoms with van der Waals surface area (Å²) in [6.07, 6.45) is 0.369. The molecule has 0 heterocycles. The van der Waals surface area contributed by atoms with Gasteiger partial charge in [0.25, 0.3) is 0 Å². The average Bonchev–Trinajstić information content (AvgIpc) is 2.30. The smallest absolute Gasteiger partial charge is 0.224 e. The Labute approximate surface area is 120 Å². The van der Waals surface area contributed by atoms with Gasteiger partial charge in [-0.3, -0.25) is 4.79 Å². The van der Waals surface area contributed by atoms with E-state index < -0.39 is 0 Å².